The van der Waals surface area contributed by atoms with Gasteiger partial charge in [-0.1, -0.05) is 49.9 Å². The molecule has 12 heteroatoms. The van der Waals surface area contributed by atoms with E-state index in [2.05, 4.69) is 33.7 Å². The van der Waals surface area contributed by atoms with Gasteiger partial charge < -0.3 is 4.74 Å². The molecule has 1 fully saturated rings. The topological polar surface area (TPSA) is 85.0 Å². The van der Waals surface area contributed by atoms with Crippen molar-refractivity contribution in [3.63, 3.8) is 0 Å². The van der Waals surface area contributed by atoms with Gasteiger partial charge in [0.2, 0.25) is 0 Å². The van der Waals surface area contributed by atoms with Crippen LogP contribution >= 0.6 is 11.8 Å². The van der Waals surface area contributed by atoms with E-state index in [0.717, 1.165) is 27.5 Å². The van der Waals surface area contributed by atoms with E-state index in [0.29, 0.717) is 22.1 Å². The number of ether oxygens (including phenoxy) is 1. The maximum atomic E-state index is 12.6. The molecule has 6 rings (SSSR count). The van der Waals surface area contributed by atoms with E-state index in [1.54, 1.807) is 17.1 Å². The van der Waals surface area contributed by atoms with Crippen molar-refractivity contribution in [3.05, 3.63) is 90.5 Å². The van der Waals surface area contributed by atoms with Crippen molar-refractivity contribution >= 4 is 56.5 Å². The third-order valence-corrected chi connectivity index (χ3v) is 7.52. The van der Waals surface area contributed by atoms with Crippen molar-refractivity contribution in [2.45, 2.75) is 26.1 Å². The summed E-state index contributed by atoms with van der Waals surface area (Å²) in [6, 6.07) is 19.0. The number of hydrogen-bond acceptors (Lipinski definition) is 7. The van der Waals surface area contributed by atoms with E-state index in [1.165, 1.54) is 47.3 Å². The van der Waals surface area contributed by atoms with Crippen LogP contribution in [0.15, 0.2) is 89.3 Å². The Morgan fingerprint density at radius 2 is 1.83 bits per heavy atom. The molecule has 0 spiro atoms. The summed E-state index contributed by atoms with van der Waals surface area (Å²) in [6.07, 6.45) is 0.0663. The molecule has 0 N–H and O–H groups in total. The number of rotatable bonds is 6. The lowest BCUT2D eigenvalue weighted by Gasteiger charge is -2.12. The lowest BCUT2D eigenvalue weighted by atomic mass is 10.0. The minimum absolute atomic E-state index is 0.164. The third-order valence-electron chi connectivity index (χ3n) is 6.61. The van der Waals surface area contributed by atoms with Crippen LogP contribution in [0, 0.1) is 0 Å². The Morgan fingerprint density at radius 3 is 2.60 bits per heavy atom. The van der Waals surface area contributed by atoms with Gasteiger partial charge >= 0.3 is 6.36 Å². The Labute approximate surface area is 242 Å². The zero-order valence-corrected chi connectivity index (χ0v) is 23.2. The van der Waals surface area contributed by atoms with Gasteiger partial charge in [0.1, 0.15) is 12.1 Å². The van der Waals surface area contributed by atoms with E-state index in [4.69, 9.17) is 4.99 Å². The molecule has 2 aromatic heterocycles. The van der Waals surface area contributed by atoms with Crippen LogP contribution in [-0.2, 0) is 4.79 Å². The Kier molecular flexibility index (Phi) is 7.15. The van der Waals surface area contributed by atoms with Gasteiger partial charge in [-0.3, -0.25) is 14.3 Å². The molecule has 0 atom stereocenters. The molecule has 8 nitrogen and oxygen atoms in total. The molecular formula is C30H23F3N6O2S. The van der Waals surface area contributed by atoms with Gasteiger partial charge in [-0.25, -0.2) is 9.98 Å². The highest BCUT2D eigenvalue weighted by Gasteiger charge is 2.31. The first-order valence-electron chi connectivity index (χ1n) is 13.0. The van der Waals surface area contributed by atoms with Gasteiger partial charge in [-0.2, -0.15) is 10.1 Å². The summed E-state index contributed by atoms with van der Waals surface area (Å²) in [5, 5.41) is 7.89. The molecule has 5 aromatic rings. The van der Waals surface area contributed by atoms with E-state index in [-0.39, 0.29) is 23.3 Å². The van der Waals surface area contributed by atoms with Crippen molar-refractivity contribution in [2.24, 2.45) is 10.1 Å². The van der Waals surface area contributed by atoms with Crippen LogP contribution in [0.2, 0.25) is 0 Å². The Balaban J connectivity index is 1.26. The van der Waals surface area contributed by atoms with Crippen LogP contribution in [0.5, 0.6) is 5.75 Å². The maximum Gasteiger partial charge on any atom is 0.573 e. The van der Waals surface area contributed by atoms with Crippen molar-refractivity contribution < 1.29 is 22.7 Å². The minimum atomic E-state index is -4.75. The monoisotopic (exact) mass is 588 g/mol. The number of hydrogen-bond donors (Lipinski definition) is 0. The highest BCUT2D eigenvalue weighted by molar-refractivity contribution is 8.15. The Hall–Kier alpha value is -4.71. The number of thioether (sulfide) groups is 1. The van der Waals surface area contributed by atoms with Crippen LogP contribution in [-0.4, -0.2) is 48.9 Å². The number of alkyl halides is 3. The average Bonchev–Trinajstić information content (AvgIpc) is 3.55. The summed E-state index contributed by atoms with van der Waals surface area (Å²) in [6.45, 7) is 4.19. The number of amidine groups is 1. The second-order valence-corrected chi connectivity index (χ2v) is 10.7. The normalized spacial score (nSPS) is 15.2. The van der Waals surface area contributed by atoms with E-state index in [1.807, 2.05) is 42.5 Å². The van der Waals surface area contributed by atoms with Gasteiger partial charge in [0.15, 0.2) is 5.17 Å². The average molecular weight is 589 g/mol. The lowest BCUT2D eigenvalue weighted by Crippen LogP contribution is -2.24. The molecule has 0 aliphatic carbocycles. The third kappa shape index (κ3) is 5.57. The number of amides is 1. The highest BCUT2D eigenvalue weighted by Crippen LogP contribution is 2.31. The summed E-state index contributed by atoms with van der Waals surface area (Å²) < 4.78 is 43.2. The molecule has 1 aliphatic heterocycles. The zero-order valence-electron chi connectivity index (χ0n) is 22.4. The largest absolute Gasteiger partial charge is 0.573 e. The van der Waals surface area contributed by atoms with Crippen molar-refractivity contribution in [1.29, 1.82) is 0 Å². The fourth-order valence-corrected chi connectivity index (χ4v) is 5.46. The summed E-state index contributed by atoms with van der Waals surface area (Å²) >= 11 is 1.34. The molecule has 0 radical (unpaired) electrons. The van der Waals surface area contributed by atoms with Gasteiger partial charge in [-0.05, 0) is 59.3 Å². The van der Waals surface area contributed by atoms with Crippen LogP contribution in [0.25, 0.3) is 27.5 Å². The number of nitrogens with zero attached hydrogens (tertiary/aromatic N) is 6. The van der Waals surface area contributed by atoms with Crippen LogP contribution in [0.3, 0.4) is 0 Å². The van der Waals surface area contributed by atoms with E-state index >= 15 is 0 Å². The highest BCUT2D eigenvalue weighted by atomic mass is 32.2. The van der Waals surface area contributed by atoms with Gasteiger partial charge in [0, 0.05) is 17.3 Å². The first-order chi connectivity index (χ1) is 20.2. The number of benzene rings is 3. The van der Waals surface area contributed by atoms with Crippen LogP contribution in [0.1, 0.15) is 31.0 Å². The number of fused-ring (bicyclic) bond motifs is 3. The van der Waals surface area contributed by atoms with Crippen molar-refractivity contribution in [1.82, 2.24) is 19.5 Å². The summed E-state index contributed by atoms with van der Waals surface area (Å²) in [5.74, 6) is 0.0717. The molecule has 0 saturated carbocycles. The van der Waals surface area contributed by atoms with Crippen LogP contribution < -0.4 is 4.74 Å². The van der Waals surface area contributed by atoms with E-state index in [9.17, 15) is 18.0 Å². The number of carbonyl (C=O) groups is 1. The molecular weight excluding hydrogens is 565 g/mol. The van der Waals surface area contributed by atoms with Gasteiger partial charge in [-0.15, -0.1) is 13.2 Å². The fourth-order valence-electron chi connectivity index (χ4n) is 4.65. The van der Waals surface area contributed by atoms with Crippen LogP contribution in [0.4, 0.5) is 18.9 Å². The number of carbonyl (C=O) groups excluding carboxylic acids is 1. The van der Waals surface area contributed by atoms with Crippen molar-refractivity contribution in [3.8, 4) is 11.4 Å². The minimum Gasteiger partial charge on any atom is -0.406 e. The molecule has 0 unspecified atom stereocenters. The lowest BCUT2D eigenvalue weighted by molar-refractivity contribution is -0.274. The fraction of sp³-hybridized carbons (Fsp3) is 0.167. The smallest absolute Gasteiger partial charge is 0.406 e. The molecule has 3 heterocycles. The summed E-state index contributed by atoms with van der Waals surface area (Å²) in [5.41, 5.74) is 4.52. The molecule has 1 saturated heterocycles. The number of hydrazone groups is 1. The standard InChI is InChI=1S/C30H23F3N6O2S/c1-18(2)23-5-3-4-6-25(23)37-29-39(27(40)16-42-29)36-14-20-13-19-7-12-26-28(24(19)15-34-20)35-17-38(26)21-8-10-22(11-9-21)41-30(31,32)33/h3-15,17-18H,16H2,1-2H3/b36-14-,37-29?. The Bertz CT molecular complexity index is 1870. The molecule has 1 amide bonds. The second-order valence-electron chi connectivity index (χ2n) is 9.77. The number of pyridine rings is 1. The SMILES string of the molecule is CC(C)c1ccccc1N=C1SCC(=O)N1/N=C\c1cc2ccc3c(ncn3-c3ccc(OC(F)(F)F)cc3)c2cn1. The number of para-hydroxylation sites is 1. The zero-order chi connectivity index (χ0) is 29.4. The predicted octanol–water partition coefficient (Wildman–Crippen LogP) is 7.19. The van der Waals surface area contributed by atoms with Gasteiger partial charge in [0.05, 0.1) is 34.4 Å². The van der Waals surface area contributed by atoms with Gasteiger partial charge in [0.25, 0.3) is 5.91 Å². The number of halogens is 3. The molecule has 0 bridgehead atoms. The molecule has 3 aromatic carbocycles. The summed E-state index contributed by atoms with van der Waals surface area (Å²) in [7, 11) is 0. The first kappa shape index (κ1) is 27.5. The predicted molar refractivity (Wildman–Crippen MR) is 158 cm³/mol. The quantitative estimate of drug-likeness (QED) is 0.196. The Morgan fingerprint density at radius 1 is 1.05 bits per heavy atom. The first-order valence-corrected chi connectivity index (χ1v) is 13.9. The summed E-state index contributed by atoms with van der Waals surface area (Å²) in [4.78, 5) is 26.4. The number of imidazole rings is 1. The molecule has 42 heavy (non-hydrogen) atoms. The number of aliphatic imine (C=N–C) groups is 1. The van der Waals surface area contributed by atoms with E-state index < -0.39 is 6.36 Å². The maximum absolute atomic E-state index is 12.6. The number of aromatic nitrogens is 3. The second kappa shape index (κ2) is 10.9. The van der Waals surface area contributed by atoms with Crippen molar-refractivity contribution in [2.75, 3.05) is 5.75 Å². The molecule has 212 valence electrons. The molecule has 1 aliphatic rings.